The molecule has 1 aliphatic heterocycles. The molecule has 21 heavy (non-hydrogen) atoms. The van der Waals surface area contributed by atoms with Crippen LogP contribution >= 0.6 is 0 Å². The van der Waals surface area contributed by atoms with Crippen LogP contribution < -0.4 is 15.2 Å². The monoisotopic (exact) mass is 285 g/mol. The molecule has 5 nitrogen and oxygen atoms in total. The Morgan fingerprint density at radius 3 is 2.62 bits per heavy atom. The number of hydrogen-bond donors (Lipinski definition) is 2. The Bertz CT molecular complexity index is 801. The van der Waals surface area contributed by atoms with Crippen molar-refractivity contribution >= 4 is 16.7 Å². The summed E-state index contributed by atoms with van der Waals surface area (Å²) in [5.74, 6) is 1.57. The average molecular weight is 285 g/mol. The van der Waals surface area contributed by atoms with Crippen LogP contribution in [0.1, 0.15) is 0 Å². The third kappa shape index (κ3) is 1.96. The maximum atomic E-state index is 13.2. The number of nitrogens with two attached hydrogens (primary N) is 1. The first-order valence-electron chi connectivity index (χ1n) is 6.55. The van der Waals surface area contributed by atoms with Gasteiger partial charge in [0.05, 0.1) is 16.7 Å². The summed E-state index contributed by atoms with van der Waals surface area (Å²) in [6, 6.07) is 8.20. The number of nitrogens with zero attached hydrogens (tertiary/aromatic N) is 1. The summed E-state index contributed by atoms with van der Waals surface area (Å²) >= 11 is 0. The molecule has 106 valence electrons. The lowest BCUT2D eigenvalue weighted by Crippen LogP contribution is -2.15. The average Bonchev–Trinajstić information content (AvgIpc) is 2.90. The van der Waals surface area contributed by atoms with Gasteiger partial charge in [0.25, 0.3) is 0 Å². The molecule has 0 bridgehead atoms. The highest BCUT2D eigenvalue weighted by molar-refractivity contribution is 5.83. The summed E-state index contributed by atoms with van der Waals surface area (Å²) in [7, 11) is 0. The van der Waals surface area contributed by atoms with Crippen molar-refractivity contribution < 1.29 is 13.9 Å². The molecule has 3 aromatic rings. The van der Waals surface area contributed by atoms with E-state index in [9.17, 15) is 4.39 Å². The lowest BCUT2D eigenvalue weighted by molar-refractivity contribution is 0.172. The Labute approximate surface area is 119 Å². The molecule has 4 rings (SSSR count). The zero-order chi connectivity index (χ0) is 14.4. The first kappa shape index (κ1) is 12.0. The van der Waals surface area contributed by atoms with Crippen molar-refractivity contribution in [2.24, 2.45) is 0 Å². The van der Waals surface area contributed by atoms with E-state index in [-0.39, 0.29) is 5.69 Å². The molecule has 2 heterocycles. The van der Waals surface area contributed by atoms with Crippen molar-refractivity contribution in [2.75, 3.05) is 18.9 Å². The minimum absolute atomic E-state index is 0.0962. The smallest absolute Gasteiger partial charge is 0.163 e. The fourth-order valence-corrected chi connectivity index (χ4v) is 2.37. The molecule has 0 spiro atoms. The van der Waals surface area contributed by atoms with E-state index in [0.717, 1.165) is 16.6 Å². The zero-order valence-corrected chi connectivity index (χ0v) is 11.0. The van der Waals surface area contributed by atoms with Crippen LogP contribution in [-0.2, 0) is 0 Å². The number of H-pyrrole nitrogens is 1. The van der Waals surface area contributed by atoms with Gasteiger partial charge in [0.2, 0.25) is 0 Å². The van der Waals surface area contributed by atoms with E-state index < -0.39 is 5.82 Å². The van der Waals surface area contributed by atoms with Crippen LogP contribution in [0.25, 0.3) is 22.4 Å². The standard InChI is InChI=1S/C15H12FN3O2/c16-9-2-1-8(5-10(9)17)15-18-11-6-13-14(7-12(11)19-15)21-4-3-20-13/h1-2,5-7H,3-4,17H2,(H,18,19). The lowest BCUT2D eigenvalue weighted by Gasteiger charge is -2.17. The molecule has 1 aliphatic rings. The van der Waals surface area contributed by atoms with Crippen molar-refractivity contribution in [3.63, 3.8) is 0 Å². The number of hydrogen-bond acceptors (Lipinski definition) is 4. The van der Waals surface area contributed by atoms with E-state index in [0.29, 0.717) is 30.5 Å². The first-order valence-corrected chi connectivity index (χ1v) is 6.55. The summed E-state index contributed by atoms with van der Waals surface area (Å²) in [6.45, 7) is 1.07. The highest BCUT2D eigenvalue weighted by Crippen LogP contribution is 2.34. The number of benzene rings is 2. The van der Waals surface area contributed by atoms with E-state index >= 15 is 0 Å². The fourth-order valence-electron chi connectivity index (χ4n) is 2.37. The van der Waals surface area contributed by atoms with E-state index in [2.05, 4.69) is 9.97 Å². The number of rotatable bonds is 1. The molecule has 0 saturated carbocycles. The summed E-state index contributed by atoms with van der Waals surface area (Å²) in [5, 5.41) is 0. The van der Waals surface area contributed by atoms with Gasteiger partial charge in [0.15, 0.2) is 11.5 Å². The summed E-state index contributed by atoms with van der Waals surface area (Å²) in [6.07, 6.45) is 0. The molecular weight excluding hydrogens is 273 g/mol. The molecule has 3 N–H and O–H groups in total. The molecule has 0 atom stereocenters. The van der Waals surface area contributed by atoms with Crippen molar-refractivity contribution in [3.05, 3.63) is 36.1 Å². The third-order valence-electron chi connectivity index (χ3n) is 3.42. The number of halogens is 1. The van der Waals surface area contributed by atoms with E-state index in [4.69, 9.17) is 15.2 Å². The van der Waals surface area contributed by atoms with Crippen molar-refractivity contribution in [2.45, 2.75) is 0 Å². The Hall–Kier alpha value is -2.76. The zero-order valence-electron chi connectivity index (χ0n) is 11.0. The SMILES string of the molecule is Nc1cc(-c2nc3cc4c(cc3[nH]2)OCCO4)ccc1F. The normalized spacial score (nSPS) is 13.6. The number of imidazole rings is 1. The maximum absolute atomic E-state index is 13.2. The quantitative estimate of drug-likeness (QED) is 0.674. The minimum atomic E-state index is -0.438. The number of aromatic nitrogens is 2. The number of aromatic amines is 1. The van der Waals surface area contributed by atoms with Crippen LogP contribution in [-0.4, -0.2) is 23.2 Å². The summed E-state index contributed by atoms with van der Waals surface area (Å²) < 4.78 is 24.3. The Morgan fingerprint density at radius 1 is 1.10 bits per heavy atom. The second-order valence-corrected chi connectivity index (χ2v) is 4.83. The van der Waals surface area contributed by atoms with Gasteiger partial charge >= 0.3 is 0 Å². The highest BCUT2D eigenvalue weighted by Gasteiger charge is 2.15. The van der Waals surface area contributed by atoms with E-state index in [1.165, 1.54) is 6.07 Å². The molecule has 0 amide bonds. The van der Waals surface area contributed by atoms with Crippen molar-refractivity contribution in [1.29, 1.82) is 0 Å². The van der Waals surface area contributed by atoms with Crippen LogP contribution in [0.15, 0.2) is 30.3 Å². The molecular formula is C15H12FN3O2. The van der Waals surface area contributed by atoms with Crippen LogP contribution in [0.5, 0.6) is 11.5 Å². The number of anilines is 1. The molecule has 0 fully saturated rings. The molecule has 6 heteroatoms. The fraction of sp³-hybridized carbons (Fsp3) is 0.133. The van der Waals surface area contributed by atoms with Crippen LogP contribution in [0.2, 0.25) is 0 Å². The Morgan fingerprint density at radius 2 is 1.86 bits per heavy atom. The number of fused-ring (bicyclic) bond motifs is 2. The van der Waals surface area contributed by atoms with Gasteiger partial charge in [-0.25, -0.2) is 9.37 Å². The van der Waals surface area contributed by atoms with Gasteiger partial charge in [-0.1, -0.05) is 0 Å². The number of nitrogen functional groups attached to an aromatic ring is 1. The highest BCUT2D eigenvalue weighted by atomic mass is 19.1. The van der Waals surface area contributed by atoms with Gasteiger partial charge in [-0.3, -0.25) is 0 Å². The predicted octanol–water partition coefficient (Wildman–Crippen LogP) is 2.72. The molecule has 1 aromatic heterocycles. The van der Waals surface area contributed by atoms with Gasteiger partial charge in [-0.05, 0) is 18.2 Å². The van der Waals surface area contributed by atoms with Gasteiger partial charge < -0.3 is 20.2 Å². The second-order valence-electron chi connectivity index (χ2n) is 4.83. The number of nitrogens with one attached hydrogen (secondary N) is 1. The Kier molecular flexibility index (Phi) is 2.50. The van der Waals surface area contributed by atoms with Gasteiger partial charge in [-0.15, -0.1) is 0 Å². The molecule has 2 aromatic carbocycles. The molecule has 0 unspecified atom stereocenters. The summed E-state index contributed by atoms with van der Waals surface area (Å²) in [5.41, 5.74) is 8.01. The summed E-state index contributed by atoms with van der Waals surface area (Å²) in [4.78, 5) is 7.68. The van der Waals surface area contributed by atoms with Crippen LogP contribution in [0.4, 0.5) is 10.1 Å². The molecule has 0 aliphatic carbocycles. The van der Waals surface area contributed by atoms with Gasteiger partial charge in [-0.2, -0.15) is 0 Å². The van der Waals surface area contributed by atoms with Gasteiger partial charge in [0.1, 0.15) is 24.9 Å². The van der Waals surface area contributed by atoms with E-state index in [1.54, 1.807) is 12.1 Å². The largest absolute Gasteiger partial charge is 0.486 e. The third-order valence-corrected chi connectivity index (χ3v) is 3.42. The van der Waals surface area contributed by atoms with Crippen LogP contribution in [0.3, 0.4) is 0 Å². The first-order chi connectivity index (χ1) is 10.2. The van der Waals surface area contributed by atoms with Crippen molar-refractivity contribution in [3.8, 4) is 22.9 Å². The molecule has 0 saturated heterocycles. The number of ether oxygens (including phenoxy) is 2. The predicted molar refractivity (Wildman–Crippen MR) is 76.9 cm³/mol. The minimum Gasteiger partial charge on any atom is -0.486 e. The van der Waals surface area contributed by atoms with E-state index in [1.807, 2.05) is 12.1 Å². The van der Waals surface area contributed by atoms with Gasteiger partial charge in [0, 0.05) is 17.7 Å². The Balaban J connectivity index is 1.84. The van der Waals surface area contributed by atoms with Crippen molar-refractivity contribution in [1.82, 2.24) is 9.97 Å². The lowest BCUT2D eigenvalue weighted by atomic mass is 10.2. The second kappa shape index (κ2) is 4.37. The van der Waals surface area contributed by atoms with Crippen LogP contribution in [0, 0.1) is 5.82 Å². The maximum Gasteiger partial charge on any atom is 0.163 e. The molecule has 0 radical (unpaired) electrons. The topological polar surface area (TPSA) is 73.2 Å².